The highest BCUT2D eigenvalue weighted by Gasteiger charge is 2.19. The van der Waals surface area contributed by atoms with Crippen molar-refractivity contribution in [3.63, 3.8) is 0 Å². The second-order valence-corrected chi connectivity index (χ2v) is 6.09. The van der Waals surface area contributed by atoms with Crippen LogP contribution < -0.4 is 0 Å². The van der Waals surface area contributed by atoms with E-state index in [1.54, 1.807) is 17.4 Å². The van der Waals surface area contributed by atoms with Gasteiger partial charge in [0.15, 0.2) is 0 Å². The Morgan fingerprint density at radius 1 is 1.30 bits per heavy atom. The average Bonchev–Trinajstić information content (AvgIpc) is 2.83. The summed E-state index contributed by atoms with van der Waals surface area (Å²) in [5.41, 5.74) is 0.540. The lowest BCUT2D eigenvalue weighted by atomic mass is 10.1. The van der Waals surface area contributed by atoms with Crippen molar-refractivity contribution in [2.45, 2.75) is 13.8 Å². The summed E-state index contributed by atoms with van der Waals surface area (Å²) in [5, 5.41) is 11.9. The van der Waals surface area contributed by atoms with Crippen LogP contribution in [0.4, 0.5) is 0 Å². The normalized spacial score (nSPS) is 10.9. The lowest BCUT2D eigenvalue weighted by molar-refractivity contribution is -0.137. The Bertz CT molecular complexity index is 633. The number of carboxylic acid groups (broad SMARTS) is 1. The second-order valence-electron chi connectivity index (χ2n) is 5.15. The highest BCUT2D eigenvalue weighted by Crippen LogP contribution is 2.22. The van der Waals surface area contributed by atoms with Gasteiger partial charge in [0.25, 0.3) is 5.91 Å². The van der Waals surface area contributed by atoms with Crippen LogP contribution in [-0.2, 0) is 4.79 Å². The Hall–Kier alpha value is -1.88. The third-order valence-electron chi connectivity index (χ3n) is 2.90. The smallest absolute Gasteiger partial charge is 0.323 e. The van der Waals surface area contributed by atoms with E-state index in [9.17, 15) is 9.59 Å². The SMILES string of the molecule is CC(C)CN(CC(=O)O)C(=O)c1ccc2sccc2c1. The molecule has 5 heteroatoms. The molecular weight excluding hydrogens is 274 g/mol. The molecule has 0 saturated heterocycles. The molecule has 0 aliphatic rings. The number of fused-ring (bicyclic) bond motifs is 1. The fraction of sp³-hybridized carbons (Fsp3) is 0.333. The molecule has 1 heterocycles. The Kier molecular flexibility index (Phi) is 4.39. The number of rotatable bonds is 5. The number of carbonyl (C=O) groups is 2. The average molecular weight is 291 g/mol. The van der Waals surface area contributed by atoms with Crippen molar-refractivity contribution < 1.29 is 14.7 Å². The van der Waals surface area contributed by atoms with E-state index in [1.807, 2.05) is 37.4 Å². The van der Waals surface area contributed by atoms with E-state index in [2.05, 4.69) is 0 Å². The molecule has 4 nitrogen and oxygen atoms in total. The predicted molar refractivity (Wildman–Crippen MR) is 80.2 cm³/mol. The molecule has 0 fully saturated rings. The topological polar surface area (TPSA) is 57.6 Å². The maximum Gasteiger partial charge on any atom is 0.323 e. The molecular formula is C15H17NO3S. The molecule has 2 rings (SSSR count). The van der Waals surface area contributed by atoms with Gasteiger partial charge in [-0.05, 0) is 40.9 Å². The van der Waals surface area contributed by atoms with E-state index < -0.39 is 5.97 Å². The third-order valence-corrected chi connectivity index (χ3v) is 3.80. The highest BCUT2D eigenvalue weighted by atomic mass is 32.1. The zero-order valence-electron chi connectivity index (χ0n) is 11.5. The summed E-state index contributed by atoms with van der Waals surface area (Å²) >= 11 is 1.62. The summed E-state index contributed by atoms with van der Waals surface area (Å²) in [6.45, 7) is 4.10. The Labute approximate surface area is 121 Å². The van der Waals surface area contributed by atoms with Gasteiger partial charge in [0, 0.05) is 16.8 Å². The van der Waals surface area contributed by atoms with Crippen molar-refractivity contribution in [1.82, 2.24) is 4.90 Å². The van der Waals surface area contributed by atoms with Crippen molar-refractivity contribution in [2.24, 2.45) is 5.92 Å². The summed E-state index contributed by atoms with van der Waals surface area (Å²) in [5.74, 6) is -0.993. The van der Waals surface area contributed by atoms with Crippen molar-refractivity contribution >= 4 is 33.3 Å². The van der Waals surface area contributed by atoms with Crippen LogP contribution in [0.5, 0.6) is 0 Å². The van der Waals surface area contributed by atoms with Crippen molar-refractivity contribution in [3.8, 4) is 0 Å². The van der Waals surface area contributed by atoms with Crippen molar-refractivity contribution in [3.05, 3.63) is 35.2 Å². The van der Waals surface area contributed by atoms with E-state index in [4.69, 9.17) is 5.11 Å². The second kappa shape index (κ2) is 6.05. The van der Waals surface area contributed by atoms with Crippen LogP contribution in [-0.4, -0.2) is 35.0 Å². The largest absolute Gasteiger partial charge is 0.480 e. The van der Waals surface area contributed by atoms with Gasteiger partial charge >= 0.3 is 5.97 Å². The Morgan fingerprint density at radius 3 is 2.70 bits per heavy atom. The molecule has 20 heavy (non-hydrogen) atoms. The van der Waals surface area contributed by atoms with Crippen LogP contribution in [0.1, 0.15) is 24.2 Å². The molecule has 1 N–H and O–H groups in total. The molecule has 0 aliphatic carbocycles. The predicted octanol–water partition coefficient (Wildman–Crippen LogP) is 3.08. The molecule has 0 unspecified atom stereocenters. The Morgan fingerprint density at radius 2 is 2.05 bits per heavy atom. The van der Waals surface area contributed by atoms with Gasteiger partial charge in [0.2, 0.25) is 0 Å². The summed E-state index contributed by atoms with van der Waals surface area (Å²) < 4.78 is 1.12. The van der Waals surface area contributed by atoms with Crippen LogP contribution in [0.2, 0.25) is 0 Å². The van der Waals surface area contributed by atoms with Gasteiger partial charge in [-0.1, -0.05) is 13.8 Å². The van der Waals surface area contributed by atoms with Crippen LogP contribution in [0.3, 0.4) is 0 Å². The van der Waals surface area contributed by atoms with E-state index in [-0.39, 0.29) is 18.4 Å². The number of carboxylic acids is 1. The first-order valence-corrected chi connectivity index (χ1v) is 7.33. The molecule has 0 aliphatic heterocycles. The van der Waals surface area contributed by atoms with E-state index in [0.29, 0.717) is 12.1 Å². The number of amides is 1. The van der Waals surface area contributed by atoms with Gasteiger partial charge in [-0.3, -0.25) is 9.59 Å². The lowest BCUT2D eigenvalue weighted by Gasteiger charge is -2.22. The van der Waals surface area contributed by atoms with Gasteiger partial charge in [-0.25, -0.2) is 0 Å². The van der Waals surface area contributed by atoms with E-state index in [1.165, 1.54) is 4.90 Å². The van der Waals surface area contributed by atoms with Gasteiger partial charge in [0.1, 0.15) is 6.54 Å². The minimum atomic E-state index is -0.990. The highest BCUT2D eigenvalue weighted by molar-refractivity contribution is 7.17. The zero-order valence-corrected chi connectivity index (χ0v) is 12.3. The number of thiophene rings is 1. The third kappa shape index (κ3) is 3.36. The van der Waals surface area contributed by atoms with Crippen LogP contribution >= 0.6 is 11.3 Å². The molecule has 0 bridgehead atoms. The van der Waals surface area contributed by atoms with Crippen molar-refractivity contribution in [1.29, 1.82) is 0 Å². The number of carbonyl (C=O) groups excluding carboxylic acids is 1. The first-order chi connectivity index (χ1) is 9.47. The number of hydrogen-bond donors (Lipinski definition) is 1. The molecule has 1 aromatic carbocycles. The van der Waals surface area contributed by atoms with Crippen LogP contribution in [0.25, 0.3) is 10.1 Å². The molecule has 2 aromatic rings. The minimum Gasteiger partial charge on any atom is -0.480 e. The molecule has 0 radical (unpaired) electrons. The molecule has 0 spiro atoms. The first-order valence-electron chi connectivity index (χ1n) is 6.45. The number of nitrogens with zero attached hydrogens (tertiary/aromatic N) is 1. The molecule has 0 atom stereocenters. The van der Waals surface area contributed by atoms with Gasteiger partial charge in [0.05, 0.1) is 0 Å². The minimum absolute atomic E-state index is 0.225. The number of benzene rings is 1. The molecule has 1 amide bonds. The Balaban J connectivity index is 2.26. The van der Waals surface area contributed by atoms with Gasteiger partial charge < -0.3 is 10.0 Å². The molecule has 106 valence electrons. The zero-order chi connectivity index (χ0) is 14.7. The first kappa shape index (κ1) is 14.5. The molecule has 1 aromatic heterocycles. The summed E-state index contributed by atoms with van der Waals surface area (Å²) in [4.78, 5) is 24.7. The lowest BCUT2D eigenvalue weighted by Crippen LogP contribution is -2.38. The quantitative estimate of drug-likeness (QED) is 0.921. The van der Waals surface area contributed by atoms with Crippen LogP contribution in [0.15, 0.2) is 29.6 Å². The number of aliphatic carboxylic acids is 1. The maximum absolute atomic E-state index is 12.4. The van der Waals surface area contributed by atoms with E-state index in [0.717, 1.165) is 10.1 Å². The number of hydrogen-bond acceptors (Lipinski definition) is 3. The van der Waals surface area contributed by atoms with Crippen molar-refractivity contribution in [2.75, 3.05) is 13.1 Å². The van der Waals surface area contributed by atoms with Crippen LogP contribution in [0, 0.1) is 5.92 Å². The van der Waals surface area contributed by atoms with Gasteiger partial charge in [-0.2, -0.15) is 0 Å². The summed E-state index contributed by atoms with van der Waals surface area (Å²) in [6, 6.07) is 7.45. The maximum atomic E-state index is 12.4. The van der Waals surface area contributed by atoms with E-state index >= 15 is 0 Å². The van der Waals surface area contributed by atoms with Gasteiger partial charge in [-0.15, -0.1) is 11.3 Å². The standard InChI is InChI=1S/C15H17NO3S/c1-10(2)8-16(9-14(17)18)15(19)12-3-4-13-11(7-12)5-6-20-13/h3-7,10H,8-9H2,1-2H3,(H,17,18). The molecule has 0 saturated carbocycles. The monoisotopic (exact) mass is 291 g/mol. The fourth-order valence-corrected chi connectivity index (χ4v) is 2.88. The summed E-state index contributed by atoms with van der Waals surface area (Å²) in [6.07, 6.45) is 0. The fourth-order valence-electron chi connectivity index (χ4n) is 2.11. The summed E-state index contributed by atoms with van der Waals surface area (Å²) in [7, 11) is 0.